The van der Waals surface area contributed by atoms with Crippen LogP contribution in [0.5, 0.6) is 11.5 Å². The summed E-state index contributed by atoms with van der Waals surface area (Å²) in [6.07, 6.45) is 0. The minimum absolute atomic E-state index is 0.187. The largest absolute Gasteiger partial charge is 0.497 e. The van der Waals surface area contributed by atoms with Crippen molar-refractivity contribution in [2.24, 2.45) is 0 Å². The Balaban J connectivity index is 2.15. The molecule has 0 amide bonds. The fourth-order valence-corrected chi connectivity index (χ4v) is 1.97. The summed E-state index contributed by atoms with van der Waals surface area (Å²) in [7, 11) is 3.24. The molecule has 0 aromatic heterocycles. The van der Waals surface area contributed by atoms with Crippen LogP contribution < -0.4 is 14.8 Å². The molecule has 20 heavy (non-hydrogen) atoms. The third-order valence-electron chi connectivity index (χ3n) is 3.11. The van der Waals surface area contributed by atoms with Gasteiger partial charge >= 0.3 is 0 Å². The minimum atomic E-state index is -0.187. The molecule has 2 aromatic carbocycles. The van der Waals surface area contributed by atoms with E-state index in [1.54, 1.807) is 27.2 Å². The highest BCUT2D eigenvalue weighted by molar-refractivity contribution is 5.60. The average molecular weight is 275 g/mol. The van der Waals surface area contributed by atoms with E-state index in [1.807, 2.05) is 24.3 Å². The molecule has 0 atom stereocenters. The highest BCUT2D eigenvalue weighted by atomic mass is 19.1. The number of hydrogen-bond donors (Lipinski definition) is 1. The summed E-state index contributed by atoms with van der Waals surface area (Å²) >= 11 is 0. The Morgan fingerprint density at radius 1 is 1.05 bits per heavy atom. The predicted molar refractivity (Wildman–Crippen MR) is 78.0 cm³/mol. The van der Waals surface area contributed by atoms with Crippen LogP contribution in [0.4, 0.5) is 10.1 Å². The van der Waals surface area contributed by atoms with Gasteiger partial charge < -0.3 is 14.8 Å². The van der Waals surface area contributed by atoms with Gasteiger partial charge in [0.2, 0.25) is 0 Å². The van der Waals surface area contributed by atoms with E-state index in [2.05, 4.69) is 5.32 Å². The molecule has 0 saturated carbocycles. The van der Waals surface area contributed by atoms with E-state index < -0.39 is 0 Å². The van der Waals surface area contributed by atoms with Crippen LogP contribution in [0.15, 0.2) is 36.4 Å². The molecular formula is C16H18FNO2. The quantitative estimate of drug-likeness (QED) is 0.901. The Bertz CT molecular complexity index is 599. The highest BCUT2D eigenvalue weighted by Crippen LogP contribution is 2.29. The maximum atomic E-state index is 13.2. The minimum Gasteiger partial charge on any atom is -0.497 e. The number of rotatable bonds is 5. The molecule has 3 nitrogen and oxygen atoms in total. The lowest BCUT2D eigenvalue weighted by Gasteiger charge is -2.13. The fourth-order valence-electron chi connectivity index (χ4n) is 1.97. The van der Waals surface area contributed by atoms with Crippen LogP contribution in [-0.2, 0) is 6.54 Å². The van der Waals surface area contributed by atoms with Crippen LogP contribution >= 0.6 is 0 Å². The van der Waals surface area contributed by atoms with Crippen LogP contribution in [-0.4, -0.2) is 14.2 Å². The number of nitrogens with one attached hydrogen (secondary N) is 1. The van der Waals surface area contributed by atoms with E-state index in [-0.39, 0.29) is 5.82 Å². The zero-order chi connectivity index (χ0) is 14.5. The topological polar surface area (TPSA) is 30.5 Å². The predicted octanol–water partition coefficient (Wildman–Crippen LogP) is 3.76. The van der Waals surface area contributed by atoms with Crippen molar-refractivity contribution < 1.29 is 13.9 Å². The van der Waals surface area contributed by atoms with Gasteiger partial charge in [-0.3, -0.25) is 0 Å². The number of ether oxygens (including phenoxy) is 2. The average Bonchev–Trinajstić information content (AvgIpc) is 2.48. The Morgan fingerprint density at radius 3 is 2.50 bits per heavy atom. The summed E-state index contributed by atoms with van der Waals surface area (Å²) in [4.78, 5) is 0. The molecule has 0 radical (unpaired) electrons. The van der Waals surface area contributed by atoms with Gasteiger partial charge in [0.25, 0.3) is 0 Å². The Kier molecular flexibility index (Phi) is 4.45. The molecule has 0 unspecified atom stereocenters. The summed E-state index contributed by atoms with van der Waals surface area (Å²) in [5.74, 6) is 1.31. The summed E-state index contributed by atoms with van der Waals surface area (Å²) in [5, 5.41) is 3.27. The van der Waals surface area contributed by atoms with Gasteiger partial charge in [0.15, 0.2) is 0 Å². The van der Waals surface area contributed by atoms with E-state index in [4.69, 9.17) is 9.47 Å². The maximum Gasteiger partial charge on any atom is 0.142 e. The van der Waals surface area contributed by atoms with Crippen molar-refractivity contribution in [2.45, 2.75) is 13.5 Å². The zero-order valence-electron chi connectivity index (χ0n) is 11.9. The van der Waals surface area contributed by atoms with E-state index >= 15 is 0 Å². The second-order valence-corrected chi connectivity index (χ2v) is 4.50. The van der Waals surface area contributed by atoms with Crippen molar-refractivity contribution in [3.8, 4) is 11.5 Å². The molecule has 0 aliphatic carbocycles. The number of halogens is 1. The van der Waals surface area contributed by atoms with E-state index in [1.165, 1.54) is 6.07 Å². The van der Waals surface area contributed by atoms with Gasteiger partial charge in [-0.25, -0.2) is 4.39 Å². The summed E-state index contributed by atoms with van der Waals surface area (Å²) in [5.41, 5.74) is 2.49. The van der Waals surface area contributed by atoms with Gasteiger partial charge in [0.05, 0.1) is 19.9 Å². The molecule has 106 valence electrons. The van der Waals surface area contributed by atoms with Crippen LogP contribution in [0, 0.1) is 12.7 Å². The molecular weight excluding hydrogens is 257 g/mol. The van der Waals surface area contributed by atoms with Crippen molar-refractivity contribution in [3.63, 3.8) is 0 Å². The number of hydrogen-bond acceptors (Lipinski definition) is 3. The second-order valence-electron chi connectivity index (χ2n) is 4.50. The first kappa shape index (κ1) is 14.2. The highest BCUT2D eigenvalue weighted by Gasteiger charge is 2.05. The molecule has 0 bridgehead atoms. The molecule has 2 aromatic rings. The normalized spacial score (nSPS) is 10.2. The third-order valence-corrected chi connectivity index (χ3v) is 3.11. The van der Waals surface area contributed by atoms with E-state index in [0.717, 1.165) is 22.7 Å². The first-order valence-corrected chi connectivity index (χ1v) is 6.35. The van der Waals surface area contributed by atoms with Gasteiger partial charge in [0.1, 0.15) is 17.3 Å². The van der Waals surface area contributed by atoms with Gasteiger partial charge in [-0.15, -0.1) is 0 Å². The second kappa shape index (κ2) is 6.28. The monoisotopic (exact) mass is 275 g/mol. The molecule has 0 spiro atoms. The maximum absolute atomic E-state index is 13.2. The van der Waals surface area contributed by atoms with Crippen LogP contribution in [0.25, 0.3) is 0 Å². The van der Waals surface area contributed by atoms with E-state index in [9.17, 15) is 4.39 Å². The molecule has 4 heteroatoms. The first-order valence-electron chi connectivity index (χ1n) is 6.35. The van der Waals surface area contributed by atoms with Gasteiger partial charge in [-0.2, -0.15) is 0 Å². The van der Waals surface area contributed by atoms with Crippen molar-refractivity contribution in [1.82, 2.24) is 0 Å². The summed E-state index contributed by atoms with van der Waals surface area (Å²) in [6.45, 7) is 2.34. The van der Waals surface area contributed by atoms with E-state index in [0.29, 0.717) is 12.1 Å². The van der Waals surface area contributed by atoms with Gasteiger partial charge in [0, 0.05) is 12.6 Å². The number of anilines is 1. The number of benzene rings is 2. The zero-order valence-corrected chi connectivity index (χ0v) is 11.9. The molecule has 0 saturated heterocycles. The number of methoxy groups -OCH3 is 2. The molecule has 0 aliphatic heterocycles. The van der Waals surface area contributed by atoms with Crippen LogP contribution in [0.3, 0.4) is 0 Å². The fraction of sp³-hybridized carbons (Fsp3) is 0.250. The van der Waals surface area contributed by atoms with Crippen molar-refractivity contribution >= 4 is 5.69 Å². The molecule has 1 N–H and O–H groups in total. The van der Waals surface area contributed by atoms with Crippen molar-refractivity contribution in [1.29, 1.82) is 0 Å². The first-order chi connectivity index (χ1) is 9.63. The number of aryl methyl sites for hydroxylation is 1. The summed E-state index contributed by atoms with van der Waals surface area (Å²) in [6, 6.07) is 10.6. The Morgan fingerprint density at radius 2 is 1.85 bits per heavy atom. The molecule has 2 rings (SSSR count). The molecule has 0 fully saturated rings. The van der Waals surface area contributed by atoms with Crippen molar-refractivity contribution in [2.75, 3.05) is 19.5 Å². The van der Waals surface area contributed by atoms with Gasteiger partial charge in [-0.1, -0.05) is 12.1 Å². The SMILES string of the molecule is COc1ccc(OC)c(NCc2ccc(F)c(C)c2)c1. The lowest BCUT2D eigenvalue weighted by Crippen LogP contribution is -2.02. The molecule has 0 heterocycles. The Hall–Kier alpha value is -2.23. The Labute approximate surface area is 118 Å². The van der Waals surface area contributed by atoms with Crippen molar-refractivity contribution in [3.05, 3.63) is 53.3 Å². The molecule has 0 aliphatic rings. The van der Waals surface area contributed by atoms with Crippen LogP contribution in [0.1, 0.15) is 11.1 Å². The smallest absolute Gasteiger partial charge is 0.142 e. The standard InChI is InChI=1S/C16H18FNO2/c1-11-8-12(4-6-14(11)17)10-18-15-9-13(19-2)5-7-16(15)20-3/h4-9,18H,10H2,1-3H3. The third kappa shape index (κ3) is 3.20. The van der Waals surface area contributed by atoms with Gasteiger partial charge in [-0.05, 0) is 36.2 Å². The van der Waals surface area contributed by atoms with Crippen LogP contribution in [0.2, 0.25) is 0 Å². The lowest BCUT2D eigenvalue weighted by molar-refractivity contribution is 0.404. The summed E-state index contributed by atoms with van der Waals surface area (Å²) < 4.78 is 23.7. The lowest BCUT2D eigenvalue weighted by atomic mass is 10.1.